The van der Waals surface area contributed by atoms with Crippen LogP contribution in [0.5, 0.6) is 11.5 Å². The second kappa shape index (κ2) is 5.84. The molecule has 0 heterocycles. The Morgan fingerprint density at radius 1 is 1.29 bits per heavy atom. The molecule has 0 radical (unpaired) electrons. The fraction of sp³-hybridized carbons (Fsp3) is 0.417. The first-order valence-corrected chi connectivity index (χ1v) is 5.59. The van der Waals surface area contributed by atoms with Gasteiger partial charge in [0.1, 0.15) is 11.5 Å². The van der Waals surface area contributed by atoms with E-state index < -0.39 is 0 Å². The number of methoxy groups -OCH3 is 2. The third kappa shape index (κ3) is 3.08. The minimum absolute atomic E-state index is 0.147. The lowest BCUT2D eigenvalue weighted by Gasteiger charge is -2.25. The molecule has 0 fully saturated rings. The number of likely N-dealkylation sites (N-methyl/N-ethyl adjacent to an activating group) is 1. The Kier molecular flexibility index (Phi) is 4.72. The number of ether oxygens (including phenoxy) is 2. The van der Waals surface area contributed by atoms with Gasteiger partial charge in [-0.25, -0.2) is 0 Å². The van der Waals surface area contributed by atoms with Gasteiger partial charge in [-0.3, -0.25) is 4.90 Å². The summed E-state index contributed by atoms with van der Waals surface area (Å²) in [4.78, 5) is 2.37. The monoisotopic (exact) mass is 254 g/mol. The molecule has 0 aromatic heterocycles. The molecule has 5 heteroatoms. The number of nitrogens with two attached hydrogens (primary N) is 1. The van der Waals surface area contributed by atoms with Gasteiger partial charge in [-0.05, 0) is 26.2 Å². The smallest absolute Gasteiger partial charge is 0.127 e. The number of thiocarbonyl (C=S) groups is 1. The van der Waals surface area contributed by atoms with Crippen molar-refractivity contribution in [2.75, 3.05) is 28.3 Å². The summed E-state index contributed by atoms with van der Waals surface area (Å²) in [6, 6.07) is 5.46. The van der Waals surface area contributed by atoms with Gasteiger partial charge in [-0.2, -0.15) is 0 Å². The number of hydrogen-bond donors (Lipinski definition) is 1. The highest BCUT2D eigenvalue weighted by Gasteiger charge is 2.21. The summed E-state index contributed by atoms with van der Waals surface area (Å²) in [5.41, 5.74) is 6.70. The Bertz CT molecular complexity index is 407. The molecule has 1 aromatic rings. The van der Waals surface area contributed by atoms with Crippen LogP contribution < -0.4 is 15.2 Å². The van der Waals surface area contributed by atoms with Crippen LogP contribution in [0.2, 0.25) is 0 Å². The van der Waals surface area contributed by atoms with Gasteiger partial charge in [0, 0.05) is 11.6 Å². The van der Waals surface area contributed by atoms with Crippen LogP contribution in [-0.4, -0.2) is 38.2 Å². The quantitative estimate of drug-likeness (QED) is 0.809. The van der Waals surface area contributed by atoms with Crippen LogP contribution in [-0.2, 0) is 0 Å². The predicted molar refractivity (Wildman–Crippen MR) is 72.8 cm³/mol. The van der Waals surface area contributed by atoms with Crippen LogP contribution in [0.1, 0.15) is 11.6 Å². The topological polar surface area (TPSA) is 47.7 Å². The van der Waals surface area contributed by atoms with E-state index in [1.165, 1.54) is 0 Å². The van der Waals surface area contributed by atoms with Gasteiger partial charge in [0.05, 0.1) is 25.2 Å². The van der Waals surface area contributed by atoms with Gasteiger partial charge >= 0.3 is 0 Å². The lowest BCUT2D eigenvalue weighted by molar-refractivity contribution is 0.346. The first-order chi connectivity index (χ1) is 8.01. The number of hydrogen-bond acceptors (Lipinski definition) is 4. The minimum atomic E-state index is -0.147. The third-order valence-corrected chi connectivity index (χ3v) is 2.74. The maximum Gasteiger partial charge on any atom is 0.127 e. The van der Waals surface area contributed by atoms with Gasteiger partial charge in [0.2, 0.25) is 0 Å². The number of rotatable bonds is 5. The Morgan fingerprint density at radius 3 is 2.35 bits per heavy atom. The van der Waals surface area contributed by atoms with E-state index in [2.05, 4.69) is 0 Å². The van der Waals surface area contributed by atoms with Crippen molar-refractivity contribution < 1.29 is 9.47 Å². The van der Waals surface area contributed by atoms with Crippen molar-refractivity contribution in [1.29, 1.82) is 0 Å². The molecule has 1 rings (SSSR count). The maximum absolute atomic E-state index is 5.77. The van der Waals surface area contributed by atoms with Crippen molar-refractivity contribution in [3.05, 3.63) is 23.8 Å². The molecule has 1 atom stereocenters. The average molecular weight is 254 g/mol. The van der Waals surface area contributed by atoms with Gasteiger partial charge < -0.3 is 15.2 Å². The van der Waals surface area contributed by atoms with Gasteiger partial charge in [0.15, 0.2) is 0 Å². The zero-order valence-electron chi connectivity index (χ0n) is 10.6. The molecular weight excluding hydrogens is 236 g/mol. The first-order valence-electron chi connectivity index (χ1n) is 5.19. The minimum Gasteiger partial charge on any atom is -0.497 e. The maximum atomic E-state index is 5.77. The second-order valence-electron chi connectivity index (χ2n) is 3.88. The summed E-state index contributed by atoms with van der Waals surface area (Å²) in [6.07, 6.45) is 0. The van der Waals surface area contributed by atoms with Crippen LogP contribution in [0.15, 0.2) is 18.2 Å². The summed E-state index contributed by atoms with van der Waals surface area (Å²) in [5.74, 6) is 1.46. The van der Waals surface area contributed by atoms with Gasteiger partial charge in [0.25, 0.3) is 0 Å². The second-order valence-corrected chi connectivity index (χ2v) is 4.35. The highest BCUT2D eigenvalue weighted by Crippen LogP contribution is 2.31. The van der Waals surface area contributed by atoms with Gasteiger partial charge in [-0.15, -0.1) is 0 Å². The number of nitrogens with zero attached hydrogens (tertiary/aromatic N) is 1. The molecule has 2 N–H and O–H groups in total. The molecule has 17 heavy (non-hydrogen) atoms. The zero-order valence-corrected chi connectivity index (χ0v) is 11.4. The molecule has 0 spiro atoms. The number of benzene rings is 1. The SMILES string of the molecule is COc1ccc(C(C(N)=S)N(C)C)c(OC)c1. The van der Waals surface area contributed by atoms with Crippen molar-refractivity contribution in [2.45, 2.75) is 6.04 Å². The third-order valence-electron chi connectivity index (χ3n) is 2.52. The molecule has 0 aliphatic heterocycles. The molecule has 1 unspecified atom stereocenters. The molecule has 0 aliphatic rings. The molecule has 4 nitrogen and oxygen atoms in total. The normalized spacial score (nSPS) is 12.3. The van der Waals surface area contributed by atoms with Gasteiger partial charge in [-0.1, -0.05) is 12.2 Å². The van der Waals surface area contributed by atoms with Crippen LogP contribution in [0.4, 0.5) is 0 Å². The van der Waals surface area contributed by atoms with Crippen molar-refractivity contribution in [3.8, 4) is 11.5 Å². The van der Waals surface area contributed by atoms with E-state index in [-0.39, 0.29) is 6.04 Å². The summed E-state index contributed by atoms with van der Waals surface area (Å²) in [5, 5.41) is 0. The fourth-order valence-corrected chi connectivity index (χ4v) is 2.07. The molecule has 0 saturated carbocycles. The lowest BCUT2D eigenvalue weighted by Crippen LogP contribution is -2.31. The van der Waals surface area contributed by atoms with E-state index in [4.69, 9.17) is 27.4 Å². The van der Waals surface area contributed by atoms with Crippen LogP contribution in [0.3, 0.4) is 0 Å². The molecular formula is C12H18N2O2S. The van der Waals surface area contributed by atoms with Crippen LogP contribution >= 0.6 is 12.2 Å². The first kappa shape index (κ1) is 13.7. The Hall–Kier alpha value is -1.33. The Labute approximate surface area is 107 Å². The summed E-state index contributed by atoms with van der Waals surface area (Å²) in [6.45, 7) is 0. The van der Waals surface area contributed by atoms with E-state index >= 15 is 0 Å². The molecule has 1 aromatic carbocycles. The molecule has 0 saturated heterocycles. The molecule has 94 valence electrons. The molecule has 0 bridgehead atoms. The van der Waals surface area contributed by atoms with E-state index in [9.17, 15) is 0 Å². The van der Waals surface area contributed by atoms with E-state index in [1.54, 1.807) is 14.2 Å². The fourth-order valence-electron chi connectivity index (χ4n) is 1.73. The highest BCUT2D eigenvalue weighted by atomic mass is 32.1. The lowest BCUT2D eigenvalue weighted by atomic mass is 10.0. The zero-order chi connectivity index (χ0) is 13.0. The van der Waals surface area contributed by atoms with Crippen LogP contribution in [0.25, 0.3) is 0 Å². The van der Waals surface area contributed by atoms with Crippen molar-refractivity contribution in [3.63, 3.8) is 0 Å². The van der Waals surface area contributed by atoms with Crippen molar-refractivity contribution in [2.24, 2.45) is 5.73 Å². The molecule has 0 amide bonds. The van der Waals surface area contributed by atoms with E-state index in [0.717, 1.165) is 17.1 Å². The van der Waals surface area contributed by atoms with Crippen molar-refractivity contribution in [1.82, 2.24) is 4.90 Å². The Morgan fingerprint density at radius 2 is 1.94 bits per heavy atom. The summed E-state index contributed by atoms with van der Waals surface area (Å²) in [7, 11) is 7.08. The molecule has 0 aliphatic carbocycles. The average Bonchev–Trinajstić information content (AvgIpc) is 2.28. The van der Waals surface area contributed by atoms with E-state index in [1.807, 2.05) is 37.2 Å². The highest BCUT2D eigenvalue weighted by molar-refractivity contribution is 7.80. The largest absolute Gasteiger partial charge is 0.497 e. The summed E-state index contributed by atoms with van der Waals surface area (Å²) < 4.78 is 10.5. The van der Waals surface area contributed by atoms with Crippen molar-refractivity contribution >= 4 is 17.2 Å². The van der Waals surface area contributed by atoms with E-state index in [0.29, 0.717) is 4.99 Å². The standard InChI is InChI=1S/C12H18N2O2S/c1-14(2)11(12(13)17)9-6-5-8(15-3)7-10(9)16-4/h5-7,11H,1-4H3,(H2,13,17). The summed E-state index contributed by atoms with van der Waals surface area (Å²) >= 11 is 5.09. The Balaban J connectivity index is 3.23. The predicted octanol–water partition coefficient (Wildman–Crippen LogP) is 1.59. The van der Waals surface area contributed by atoms with Crippen LogP contribution in [0, 0.1) is 0 Å².